The fourth-order valence-corrected chi connectivity index (χ4v) is 3.51. The zero-order chi connectivity index (χ0) is 14.8. The van der Waals surface area contributed by atoms with Crippen LogP contribution >= 0.6 is 11.6 Å². The summed E-state index contributed by atoms with van der Waals surface area (Å²) in [6.45, 7) is 3.92. The van der Waals surface area contributed by atoms with Crippen LogP contribution in [0, 0.1) is 0 Å². The fourth-order valence-electron chi connectivity index (χ4n) is 3.32. The molecule has 4 atom stereocenters. The van der Waals surface area contributed by atoms with Crippen LogP contribution in [0.5, 0.6) is 0 Å². The molecule has 2 aromatic rings. The minimum Gasteiger partial charge on any atom is -0.385 e. The second kappa shape index (κ2) is 4.27. The summed E-state index contributed by atoms with van der Waals surface area (Å²) in [5, 5.41) is 22.2. The Morgan fingerprint density at radius 1 is 1.48 bits per heavy atom. The van der Waals surface area contributed by atoms with Crippen LogP contribution in [0.25, 0.3) is 11.0 Å². The Hall–Kier alpha value is -1.47. The van der Waals surface area contributed by atoms with Gasteiger partial charge in [0.15, 0.2) is 6.23 Å². The Morgan fingerprint density at radius 2 is 2.29 bits per heavy atom. The average molecular weight is 308 g/mol. The molecule has 1 saturated heterocycles. The molecule has 0 radical (unpaired) electrons. The first-order valence-corrected chi connectivity index (χ1v) is 7.11. The van der Waals surface area contributed by atoms with E-state index in [-0.39, 0.29) is 0 Å². The lowest BCUT2D eigenvalue weighted by Crippen LogP contribution is -2.44. The first kappa shape index (κ1) is 13.2. The van der Waals surface area contributed by atoms with Gasteiger partial charge in [-0.3, -0.25) is 0 Å². The Bertz CT molecular complexity index is 746. The number of nitrogens with zero attached hydrogens (tertiary/aromatic N) is 3. The van der Waals surface area contributed by atoms with E-state index in [1.165, 1.54) is 6.33 Å². The monoisotopic (exact) mass is 307 g/mol. The highest BCUT2D eigenvalue weighted by molar-refractivity contribution is 6.33. The molecule has 2 N–H and O–H groups in total. The van der Waals surface area contributed by atoms with Gasteiger partial charge in [-0.2, -0.15) is 0 Å². The maximum absolute atomic E-state index is 10.7. The second-order valence-electron chi connectivity index (χ2n) is 5.63. The van der Waals surface area contributed by atoms with E-state index in [4.69, 9.17) is 16.3 Å². The van der Waals surface area contributed by atoms with E-state index in [0.29, 0.717) is 29.0 Å². The summed E-state index contributed by atoms with van der Waals surface area (Å²) >= 11 is 6.03. The van der Waals surface area contributed by atoms with Gasteiger partial charge in [-0.25, -0.2) is 9.97 Å². The predicted molar refractivity (Wildman–Crippen MR) is 75.8 cm³/mol. The molecule has 2 aromatic heterocycles. The Kier molecular flexibility index (Phi) is 2.68. The van der Waals surface area contributed by atoms with Crippen LogP contribution in [0.3, 0.4) is 0 Å². The maximum Gasteiger partial charge on any atom is 0.165 e. The van der Waals surface area contributed by atoms with Crippen molar-refractivity contribution in [2.75, 3.05) is 0 Å². The number of aromatic nitrogens is 3. The molecule has 1 aliphatic heterocycles. The van der Waals surface area contributed by atoms with Gasteiger partial charge in [0.25, 0.3) is 0 Å². The summed E-state index contributed by atoms with van der Waals surface area (Å²) in [4.78, 5) is 8.11. The van der Waals surface area contributed by atoms with Crippen LogP contribution in [0.4, 0.5) is 0 Å². The Labute approximate surface area is 125 Å². The lowest BCUT2D eigenvalue weighted by molar-refractivity contribution is -0.0628. The normalized spacial score (nSPS) is 35.6. The van der Waals surface area contributed by atoms with Gasteiger partial charge in [-0.15, -0.1) is 0 Å². The summed E-state index contributed by atoms with van der Waals surface area (Å²) in [6.07, 6.45) is 1.87. The van der Waals surface area contributed by atoms with Crippen LogP contribution in [0.2, 0.25) is 5.15 Å². The number of fused-ring (bicyclic) bond motifs is 2. The van der Waals surface area contributed by atoms with Gasteiger partial charge in [0, 0.05) is 6.20 Å². The smallest absolute Gasteiger partial charge is 0.165 e. The van der Waals surface area contributed by atoms with E-state index >= 15 is 0 Å². The Balaban J connectivity index is 1.80. The number of rotatable bonds is 1. The van der Waals surface area contributed by atoms with Crippen molar-refractivity contribution >= 4 is 22.6 Å². The van der Waals surface area contributed by atoms with Crippen LogP contribution in [-0.2, 0) is 4.74 Å². The molecule has 2 fully saturated rings. The SMILES string of the molecule is C=C1CC[C@@]2(O)[C@@H]1O[C@@H](n1ccc3c(Cl)ncnc31)[C@@H]2O. The van der Waals surface area contributed by atoms with Gasteiger partial charge < -0.3 is 19.5 Å². The molecule has 21 heavy (non-hydrogen) atoms. The first-order valence-electron chi connectivity index (χ1n) is 6.73. The van der Waals surface area contributed by atoms with Crippen molar-refractivity contribution in [2.24, 2.45) is 0 Å². The average Bonchev–Trinajstić information content (AvgIpc) is 3.07. The summed E-state index contributed by atoms with van der Waals surface area (Å²) < 4.78 is 7.54. The molecule has 3 heterocycles. The zero-order valence-corrected chi connectivity index (χ0v) is 11.9. The van der Waals surface area contributed by atoms with Crippen molar-refractivity contribution in [3.8, 4) is 0 Å². The zero-order valence-electron chi connectivity index (χ0n) is 11.1. The summed E-state index contributed by atoms with van der Waals surface area (Å²) in [7, 11) is 0. The van der Waals surface area contributed by atoms with Gasteiger partial charge >= 0.3 is 0 Å². The molecule has 6 nitrogen and oxygen atoms in total. The van der Waals surface area contributed by atoms with E-state index in [1.807, 2.05) is 0 Å². The van der Waals surface area contributed by atoms with Crippen molar-refractivity contribution in [3.05, 3.63) is 35.9 Å². The lowest BCUT2D eigenvalue weighted by Gasteiger charge is -2.25. The molecule has 110 valence electrons. The summed E-state index contributed by atoms with van der Waals surface area (Å²) in [5.74, 6) is 0. The fraction of sp³-hybridized carbons (Fsp3) is 0.429. The number of aliphatic hydroxyl groups excluding tert-OH is 1. The molecule has 0 aromatic carbocycles. The number of aliphatic hydroxyl groups is 2. The van der Waals surface area contributed by atoms with E-state index in [9.17, 15) is 10.2 Å². The van der Waals surface area contributed by atoms with Gasteiger partial charge in [-0.1, -0.05) is 18.2 Å². The molecule has 0 unspecified atom stereocenters. The number of hydrogen-bond acceptors (Lipinski definition) is 5. The van der Waals surface area contributed by atoms with Gasteiger partial charge in [0.1, 0.15) is 34.9 Å². The molecular formula is C14H14ClN3O3. The van der Waals surface area contributed by atoms with E-state index in [2.05, 4.69) is 16.5 Å². The molecule has 7 heteroatoms. The van der Waals surface area contributed by atoms with Gasteiger partial charge in [-0.05, 0) is 24.5 Å². The third kappa shape index (κ3) is 1.64. The maximum atomic E-state index is 10.7. The molecule has 0 spiro atoms. The molecule has 1 saturated carbocycles. The minimum atomic E-state index is -1.28. The Morgan fingerprint density at radius 3 is 3.05 bits per heavy atom. The number of halogens is 1. The van der Waals surface area contributed by atoms with Crippen LogP contribution in [0.1, 0.15) is 19.1 Å². The van der Waals surface area contributed by atoms with Gasteiger partial charge in [0.2, 0.25) is 0 Å². The predicted octanol–water partition coefficient (Wildman–Crippen LogP) is 1.42. The van der Waals surface area contributed by atoms with Crippen LogP contribution in [0.15, 0.2) is 30.7 Å². The standard InChI is InChI=1S/C14H14ClN3O3/c1-7-2-4-14(20)9(19)13(21-10(7)14)18-5-3-8-11(15)16-6-17-12(8)18/h3,5-6,9-10,13,19-20H,1-2,4H2/t9-,10+,13+,14-/m0/s1. The summed E-state index contributed by atoms with van der Waals surface area (Å²) in [6, 6.07) is 1.76. The second-order valence-corrected chi connectivity index (χ2v) is 5.98. The first-order chi connectivity index (χ1) is 10.0. The molecule has 2 aliphatic rings. The van der Waals surface area contributed by atoms with Crippen molar-refractivity contribution in [1.82, 2.24) is 14.5 Å². The topological polar surface area (TPSA) is 80.4 Å². The third-order valence-electron chi connectivity index (χ3n) is 4.46. The van der Waals surface area contributed by atoms with Crippen LogP contribution in [-0.4, -0.2) is 42.6 Å². The van der Waals surface area contributed by atoms with E-state index in [0.717, 1.165) is 5.57 Å². The largest absolute Gasteiger partial charge is 0.385 e. The van der Waals surface area contributed by atoms with E-state index in [1.54, 1.807) is 16.8 Å². The van der Waals surface area contributed by atoms with Crippen molar-refractivity contribution in [3.63, 3.8) is 0 Å². The molecule has 0 amide bonds. The molecule has 4 rings (SSSR count). The van der Waals surface area contributed by atoms with Gasteiger partial charge in [0.05, 0.1) is 5.39 Å². The molecule has 1 aliphatic carbocycles. The highest BCUT2D eigenvalue weighted by Crippen LogP contribution is 2.49. The van der Waals surface area contributed by atoms with Crippen molar-refractivity contribution < 1.29 is 14.9 Å². The quantitative estimate of drug-likeness (QED) is 0.615. The number of ether oxygens (including phenoxy) is 1. The summed E-state index contributed by atoms with van der Waals surface area (Å²) in [5.41, 5.74) is 0.0891. The molecule has 0 bridgehead atoms. The lowest BCUT2D eigenvalue weighted by atomic mass is 9.94. The van der Waals surface area contributed by atoms with E-state index < -0.39 is 24.0 Å². The minimum absolute atomic E-state index is 0.342. The molecular weight excluding hydrogens is 294 g/mol. The van der Waals surface area contributed by atoms with Crippen LogP contribution < -0.4 is 0 Å². The highest BCUT2D eigenvalue weighted by atomic mass is 35.5. The van der Waals surface area contributed by atoms with Crippen molar-refractivity contribution in [1.29, 1.82) is 0 Å². The number of hydrogen-bond donors (Lipinski definition) is 2. The van der Waals surface area contributed by atoms with Crippen molar-refractivity contribution in [2.45, 2.75) is 36.9 Å². The third-order valence-corrected chi connectivity index (χ3v) is 4.77. The highest BCUT2D eigenvalue weighted by Gasteiger charge is 2.59.